The minimum Gasteiger partial charge on any atom is -0.364 e. The standard InChI is InChI=1S/C15H19N5OS2/c1-23-15-17-13(19-16)12(10-5-3-2-4-6-10)14(18-15)20-7-8-21-11(22)9-20/h2-6,11,22H,7-9,16H2,1H3,(H,17,18,19). The van der Waals surface area contributed by atoms with Crippen LogP contribution in [0.4, 0.5) is 11.6 Å². The van der Waals surface area contributed by atoms with Crippen molar-refractivity contribution >= 4 is 36.0 Å². The normalized spacial score (nSPS) is 18.0. The highest BCUT2D eigenvalue weighted by Crippen LogP contribution is 2.36. The molecule has 1 aliphatic heterocycles. The van der Waals surface area contributed by atoms with Crippen molar-refractivity contribution in [1.82, 2.24) is 9.97 Å². The van der Waals surface area contributed by atoms with Gasteiger partial charge in [-0.25, -0.2) is 15.8 Å². The van der Waals surface area contributed by atoms with Gasteiger partial charge in [0.05, 0.1) is 18.7 Å². The van der Waals surface area contributed by atoms with Crippen LogP contribution in [0.2, 0.25) is 0 Å². The molecule has 1 aromatic heterocycles. The van der Waals surface area contributed by atoms with Crippen molar-refractivity contribution in [2.45, 2.75) is 10.6 Å². The van der Waals surface area contributed by atoms with Gasteiger partial charge < -0.3 is 15.1 Å². The van der Waals surface area contributed by atoms with Gasteiger partial charge in [-0.05, 0) is 11.8 Å². The molecule has 0 aliphatic carbocycles. The third kappa shape index (κ3) is 3.55. The summed E-state index contributed by atoms with van der Waals surface area (Å²) >= 11 is 5.92. The zero-order chi connectivity index (χ0) is 16.2. The van der Waals surface area contributed by atoms with Crippen LogP contribution in [0.3, 0.4) is 0 Å². The molecule has 1 atom stereocenters. The number of nitrogens with zero attached hydrogens (tertiary/aromatic N) is 3. The molecular weight excluding hydrogens is 330 g/mol. The number of thiol groups is 1. The Morgan fingerprint density at radius 1 is 1.35 bits per heavy atom. The van der Waals surface area contributed by atoms with Crippen molar-refractivity contribution < 1.29 is 4.74 Å². The fourth-order valence-corrected chi connectivity index (χ4v) is 3.21. The number of hydrogen-bond donors (Lipinski definition) is 3. The number of benzene rings is 1. The fraction of sp³-hybridized carbons (Fsp3) is 0.333. The number of thioether (sulfide) groups is 1. The molecule has 2 heterocycles. The van der Waals surface area contributed by atoms with Gasteiger partial charge in [-0.15, -0.1) is 12.6 Å². The number of morpholine rings is 1. The lowest BCUT2D eigenvalue weighted by atomic mass is 10.1. The average molecular weight is 349 g/mol. The lowest BCUT2D eigenvalue weighted by molar-refractivity contribution is 0.0993. The summed E-state index contributed by atoms with van der Waals surface area (Å²) in [6, 6.07) is 10.0. The van der Waals surface area contributed by atoms with Crippen LogP contribution in [-0.4, -0.2) is 41.4 Å². The molecule has 0 saturated carbocycles. The van der Waals surface area contributed by atoms with Gasteiger partial charge >= 0.3 is 0 Å². The number of hydrogen-bond acceptors (Lipinski definition) is 8. The van der Waals surface area contributed by atoms with E-state index in [4.69, 9.17) is 15.6 Å². The maximum atomic E-state index is 5.73. The van der Waals surface area contributed by atoms with Crippen LogP contribution in [0.25, 0.3) is 11.1 Å². The topological polar surface area (TPSA) is 76.3 Å². The van der Waals surface area contributed by atoms with Crippen LogP contribution < -0.4 is 16.2 Å². The average Bonchev–Trinajstić information content (AvgIpc) is 2.61. The van der Waals surface area contributed by atoms with E-state index in [-0.39, 0.29) is 5.44 Å². The van der Waals surface area contributed by atoms with Gasteiger partial charge in [-0.1, -0.05) is 42.1 Å². The zero-order valence-corrected chi connectivity index (χ0v) is 14.5. The number of nitrogens with one attached hydrogen (secondary N) is 1. The molecule has 6 nitrogen and oxygen atoms in total. The highest BCUT2D eigenvalue weighted by molar-refractivity contribution is 7.98. The highest BCUT2D eigenvalue weighted by Gasteiger charge is 2.25. The molecule has 122 valence electrons. The second kappa shape index (κ2) is 7.39. The summed E-state index contributed by atoms with van der Waals surface area (Å²) in [5, 5.41) is 0.676. The largest absolute Gasteiger partial charge is 0.364 e. The van der Waals surface area contributed by atoms with Crippen LogP contribution in [0.15, 0.2) is 35.5 Å². The van der Waals surface area contributed by atoms with E-state index in [0.29, 0.717) is 24.1 Å². The molecule has 0 bridgehead atoms. The fourth-order valence-electron chi connectivity index (χ4n) is 2.55. The molecular formula is C15H19N5OS2. The summed E-state index contributed by atoms with van der Waals surface area (Å²) in [5.74, 6) is 7.20. The summed E-state index contributed by atoms with van der Waals surface area (Å²) in [6.07, 6.45) is 1.95. The molecule has 0 amide bonds. The molecule has 1 unspecified atom stereocenters. The van der Waals surface area contributed by atoms with Gasteiger partial charge in [-0.3, -0.25) is 0 Å². The first kappa shape index (κ1) is 16.4. The second-order valence-corrected chi connectivity index (χ2v) is 6.39. The predicted molar refractivity (Wildman–Crippen MR) is 98.0 cm³/mol. The monoisotopic (exact) mass is 349 g/mol. The Bertz CT molecular complexity index is 670. The zero-order valence-electron chi connectivity index (χ0n) is 12.8. The van der Waals surface area contributed by atoms with Crippen LogP contribution >= 0.6 is 24.4 Å². The van der Waals surface area contributed by atoms with Gasteiger partial charge in [0, 0.05) is 6.54 Å². The SMILES string of the molecule is CSc1nc(NN)c(-c2ccccc2)c(N2CCOC(S)C2)n1. The van der Waals surface area contributed by atoms with E-state index in [2.05, 4.69) is 27.9 Å². The van der Waals surface area contributed by atoms with E-state index in [9.17, 15) is 0 Å². The van der Waals surface area contributed by atoms with Gasteiger partial charge in [0.1, 0.15) is 11.3 Å². The third-order valence-corrected chi connectivity index (χ3v) is 4.46. The molecule has 8 heteroatoms. The summed E-state index contributed by atoms with van der Waals surface area (Å²) in [6.45, 7) is 2.04. The van der Waals surface area contributed by atoms with Crippen LogP contribution in [0.1, 0.15) is 0 Å². The van der Waals surface area contributed by atoms with Gasteiger partial charge in [0.15, 0.2) is 11.0 Å². The van der Waals surface area contributed by atoms with E-state index < -0.39 is 0 Å². The van der Waals surface area contributed by atoms with Crippen LogP contribution in [0.5, 0.6) is 0 Å². The predicted octanol–water partition coefficient (Wildman–Crippen LogP) is 2.24. The maximum Gasteiger partial charge on any atom is 0.191 e. The number of anilines is 2. The van der Waals surface area contributed by atoms with E-state index >= 15 is 0 Å². The van der Waals surface area contributed by atoms with E-state index in [1.807, 2.05) is 36.6 Å². The van der Waals surface area contributed by atoms with Crippen LogP contribution in [0, 0.1) is 0 Å². The van der Waals surface area contributed by atoms with Crippen molar-refractivity contribution in [3.05, 3.63) is 30.3 Å². The van der Waals surface area contributed by atoms with Crippen molar-refractivity contribution in [2.24, 2.45) is 5.84 Å². The first-order valence-corrected chi connectivity index (χ1v) is 8.99. The van der Waals surface area contributed by atoms with Gasteiger partial charge in [0.25, 0.3) is 0 Å². The molecule has 1 aliphatic rings. The van der Waals surface area contributed by atoms with Crippen molar-refractivity contribution in [2.75, 3.05) is 36.3 Å². The summed E-state index contributed by atoms with van der Waals surface area (Å²) in [7, 11) is 0. The number of rotatable bonds is 4. The van der Waals surface area contributed by atoms with Crippen molar-refractivity contribution in [1.29, 1.82) is 0 Å². The summed E-state index contributed by atoms with van der Waals surface area (Å²) in [5.41, 5.74) is 4.50. The Morgan fingerprint density at radius 2 is 2.13 bits per heavy atom. The number of nitrogens with two attached hydrogens (primary N) is 1. The number of aromatic nitrogens is 2. The first-order chi connectivity index (χ1) is 11.2. The maximum absolute atomic E-state index is 5.73. The Labute approximate surface area is 145 Å². The lowest BCUT2D eigenvalue weighted by Gasteiger charge is -2.33. The minimum atomic E-state index is -0.130. The Hall–Kier alpha value is -1.48. The second-order valence-electron chi connectivity index (χ2n) is 5.04. The molecule has 23 heavy (non-hydrogen) atoms. The molecule has 0 radical (unpaired) electrons. The van der Waals surface area contributed by atoms with Gasteiger partial charge in [-0.2, -0.15) is 0 Å². The molecule has 0 spiro atoms. The number of ether oxygens (including phenoxy) is 1. The Kier molecular flexibility index (Phi) is 5.27. The molecule has 2 aromatic rings. The summed E-state index contributed by atoms with van der Waals surface area (Å²) in [4.78, 5) is 11.4. The molecule has 1 fully saturated rings. The molecule has 1 saturated heterocycles. The van der Waals surface area contributed by atoms with Crippen molar-refractivity contribution in [3.8, 4) is 11.1 Å². The molecule has 3 rings (SSSR count). The van der Waals surface area contributed by atoms with E-state index in [1.54, 1.807) is 0 Å². The molecule has 1 aromatic carbocycles. The van der Waals surface area contributed by atoms with Gasteiger partial charge in [0.2, 0.25) is 0 Å². The quantitative estimate of drug-likeness (QED) is 0.257. The number of nitrogen functional groups attached to an aromatic ring is 1. The van der Waals surface area contributed by atoms with E-state index in [0.717, 1.165) is 23.5 Å². The Morgan fingerprint density at radius 3 is 2.78 bits per heavy atom. The Balaban J connectivity index is 2.15. The smallest absolute Gasteiger partial charge is 0.191 e. The van der Waals surface area contributed by atoms with E-state index in [1.165, 1.54) is 11.8 Å². The lowest BCUT2D eigenvalue weighted by Crippen LogP contribution is -2.41. The first-order valence-electron chi connectivity index (χ1n) is 7.25. The third-order valence-electron chi connectivity index (χ3n) is 3.60. The number of hydrazine groups is 1. The minimum absolute atomic E-state index is 0.130. The van der Waals surface area contributed by atoms with Crippen LogP contribution in [-0.2, 0) is 4.74 Å². The van der Waals surface area contributed by atoms with Crippen molar-refractivity contribution in [3.63, 3.8) is 0 Å². The molecule has 3 N–H and O–H groups in total. The summed E-state index contributed by atoms with van der Waals surface area (Å²) < 4.78 is 5.52. The highest BCUT2D eigenvalue weighted by atomic mass is 32.2.